The Morgan fingerprint density at radius 1 is 1.29 bits per heavy atom. The molecule has 0 atom stereocenters. The highest BCUT2D eigenvalue weighted by Gasteiger charge is 2.21. The number of sulfonamides is 1. The van der Waals surface area contributed by atoms with E-state index in [2.05, 4.69) is 20.7 Å². The molecule has 21 heavy (non-hydrogen) atoms. The second-order valence-corrected chi connectivity index (χ2v) is 7.29. The first-order valence-corrected chi connectivity index (χ1v) is 8.39. The van der Waals surface area contributed by atoms with Crippen LogP contribution in [0, 0.1) is 12.7 Å². The first-order valence-electron chi connectivity index (χ1n) is 5.74. The van der Waals surface area contributed by atoms with Crippen LogP contribution in [0.3, 0.4) is 0 Å². The van der Waals surface area contributed by atoms with Crippen LogP contribution in [-0.4, -0.2) is 8.42 Å². The van der Waals surface area contributed by atoms with Crippen LogP contribution in [0.2, 0.25) is 5.02 Å². The van der Waals surface area contributed by atoms with Crippen molar-refractivity contribution in [3.05, 3.63) is 51.2 Å². The summed E-state index contributed by atoms with van der Waals surface area (Å²) in [6.07, 6.45) is 0. The zero-order chi connectivity index (χ0) is 15.8. The lowest BCUT2D eigenvalue weighted by Crippen LogP contribution is -2.15. The van der Waals surface area contributed by atoms with E-state index in [1.54, 1.807) is 19.1 Å². The van der Waals surface area contributed by atoms with Crippen LogP contribution < -0.4 is 10.5 Å². The van der Waals surface area contributed by atoms with E-state index in [-0.39, 0.29) is 15.8 Å². The van der Waals surface area contributed by atoms with Crippen molar-refractivity contribution in [3.63, 3.8) is 0 Å². The predicted molar refractivity (Wildman–Crippen MR) is 85.5 cm³/mol. The van der Waals surface area contributed by atoms with Crippen molar-refractivity contribution in [2.75, 3.05) is 10.5 Å². The molecule has 112 valence electrons. The van der Waals surface area contributed by atoms with Gasteiger partial charge in [0, 0.05) is 15.2 Å². The highest BCUT2D eigenvalue weighted by Crippen LogP contribution is 2.28. The average molecular weight is 394 g/mol. The topological polar surface area (TPSA) is 72.2 Å². The molecule has 0 aromatic heterocycles. The molecule has 0 saturated carbocycles. The molecule has 3 N–H and O–H groups in total. The highest BCUT2D eigenvalue weighted by molar-refractivity contribution is 9.10. The van der Waals surface area contributed by atoms with Gasteiger partial charge in [-0.2, -0.15) is 0 Å². The Bertz CT molecular complexity index is 812. The molecular weight excluding hydrogens is 383 g/mol. The Kier molecular flexibility index (Phi) is 4.46. The molecule has 0 fully saturated rings. The van der Waals surface area contributed by atoms with E-state index in [1.165, 1.54) is 6.07 Å². The monoisotopic (exact) mass is 392 g/mol. The minimum Gasteiger partial charge on any atom is -0.398 e. The number of nitrogen functional groups attached to an aromatic ring is 1. The van der Waals surface area contributed by atoms with Crippen molar-refractivity contribution < 1.29 is 12.8 Å². The van der Waals surface area contributed by atoms with Gasteiger partial charge < -0.3 is 5.73 Å². The summed E-state index contributed by atoms with van der Waals surface area (Å²) in [7, 11) is -4.10. The van der Waals surface area contributed by atoms with E-state index in [0.717, 1.165) is 17.7 Å². The van der Waals surface area contributed by atoms with Crippen LogP contribution in [0.15, 0.2) is 39.7 Å². The van der Waals surface area contributed by atoms with Gasteiger partial charge in [-0.3, -0.25) is 4.72 Å². The van der Waals surface area contributed by atoms with Gasteiger partial charge >= 0.3 is 0 Å². The number of hydrogen-bond acceptors (Lipinski definition) is 3. The normalized spacial score (nSPS) is 11.4. The molecule has 0 radical (unpaired) electrons. The third-order valence-electron chi connectivity index (χ3n) is 2.76. The summed E-state index contributed by atoms with van der Waals surface area (Å²) in [5.74, 6) is -0.901. The molecule has 0 saturated heterocycles. The van der Waals surface area contributed by atoms with Gasteiger partial charge in [-0.25, -0.2) is 12.8 Å². The number of hydrogen-bond donors (Lipinski definition) is 2. The van der Waals surface area contributed by atoms with Gasteiger partial charge in [-0.15, -0.1) is 0 Å². The Hall–Kier alpha value is -1.31. The van der Waals surface area contributed by atoms with E-state index >= 15 is 0 Å². The first kappa shape index (κ1) is 16.1. The summed E-state index contributed by atoms with van der Waals surface area (Å²) in [4.78, 5) is -0.528. The molecule has 8 heteroatoms. The number of benzene rings is 2. The molecule has 0 aliphatic rings. The van der Waals surface area contributed by atoms with Gasteiger partial charge in [-0.1, -0.05) is 17.7 Å². The number of anilines is 2. The van der Waals surface area contributed by atoms with Gasteiger partial charge in [0.1, 0.15) is 10.7 Å². The second kappa shape index (κ2) is 5.82. The van der Waals surface area contributed by atoms with Crippen LogP contribution in [0.1, 0.15) is 5.56 Å². The molecule has 0 amide bonds. The molecule has 2 rings (SSSR count). The van der Waals surface area contributed by atoms with Crippen LogP contribution in [-0.2, 0) is 10.0 Å². The fraction of sp³-hybridized carbons (Fsp3) is 0.0769. The summed E-state index contributed by atoms with van der Waals surface area (Å²) in [5, 5.41) is 0.408. The SMILES string of the molecule is Cc1ccc(NS(=O)(=O)c2cc(N)c(Br)cc2F)cc1Cl. The number of aryl methyl sites for hydroxylation is 1. The summed E-state index contributed by atoms with van der Waals surface area (Å²) in [6, 6.07) is 6.71. The largest absolute Gasteiger partial charge is 0.398 e. The molecule has 0 aliphatic heterocycles. The molecule has 0 bridgehead atoms. The maximum absolute atomic E-state index is 13.8. The van der Waals surface area contributed by atoms with Crippen LogP contribution in [0.4, 0.5) is 15.8 Å². The highest BCUT2D eigenvalue weighted by atomic mass is 79.9. The van der Waals surface area contributed by atoms with E-state index in [4.69, 9.17) is 17.3 Å². The summed E-state index contributed by atoms with van der Waals surface area (Å²) >= 11 is 8.96. The molecule has 0 heterocycles. The molecule has 2 aromatic rings. The fourth-order valence-electron chi connectivity index (χ4n) is 1.62. The van der Waals surface area contributed by atoms with Crippen molar-refractivity contribution in [2.24, 2.45) is 0 Å². The third kappa shape index (κ3) is 3.48. The zero-order valence-electron chi connectivity index (χ0n) is 10.8. The summed E-state index contributed by atoms with van der Waals surface area (Å²) in [5.41, 5.74) is 6.77. The van der Waals surface area contributed by atoms with Gasteiger partial charge in [-0.05, 0) is 52.7 Å². The fourth-order valence-corrected chi connectivity index (χ4v) is 3.26. The van der Waals surface area contributed by atoms with Crippen LogP contribution in [0.5, 0.6) is 0 Å². The first-order chi connectivity index (χ1) is 9.70. The third-order valence-corrected chi connectivity index (χ3v) is 5.26. The molecule has 0 aliphatic carbocycles. The Balaban J connectivity index is 2.43. The summed E-state index contributed by atoms with van der Waals surface area (Å²) < 4.78 is 40.8. The minimum atomic E-state index is -4.10. The van der Waals surface area contributed by atoms with Crippen molar-refractivity contribution in [1.29, 1.82) is 0 Å². The van der Waals surface area contributed by atoms with Crippen LogP contribution in [0.25, 0.3) is 0 Å². The molecular formula is C13H11BrClFN2O2S. The second-order valence-electron chi connectivity index (χ2n) is 4.37. The average Bonchev–Trinajstić information content (AvgIpc) is 2.37. The van der Waals surface area contributed by atoms with E-state index in [9.17, 15) is 12.8 Å². The van der Waals surface area contributed by atoms with Gasteiger partial charge in [0.15, 0.2) is 0 Å². The maximum atomic E-state index is 13.8. The predicted octanol–water partition coefficient (Wildman–Crippen LogP) is 3.93. The minimum absolute atomic E-state index is 0.124. The number of halogens is 3. The van der Waals surface area contributed by atoms with E-state index in [1.807, 2.05) is 0 Å². The Morgan fingerprint density at radius 3 is 2.57 bits per heavy atom. The van der Waals surface area contributed by atoms with Gasteiger partial charge in [0.2, 0.25) is 0 Å². The lowest BCUT2D eigenvalue weighted by Gasteiger charge is -2.11. The van der Waals surface area contributed by atoms with E-state index < -0.39 is 20.7 Å². The van der Waals surface area contributed by atoms with Gasteiger partial charge in [0.25, 0.3) is 10.0 Å². The van der Waals surface area contributed by atoms with Crippen molar-refractivity contribution in [2.45, 2.75) is 11.8 Å². The Morgan fingerprint density at radius 2 is 1.95 bits per heavy atom. The smallest absolute Gasteiger partial charge is 0.264 e. The standard InChI is InChI=1S/C13H11BrClFN2O2S/c1-7-2-3-8(4-10(7)15)18-21(19,20)13-6-12(17)9(14)5-11(13)16/h2-6,18H,17H2,1H3. The van der Waals surface area contributed by atoms with Crippen molar-refractivity contribution in [1.82, 2.24) is 0 Å². The molecule has 0 unspecified atom stereocenters. The molecule has 2 aromatic carbocycles. The molecule has 4 nitrogen and oxygen atoms in total. The maximum Gasteiger partial charge on any atom is 0.264 e. The van der Waals surface area contributed by atoms with Crippen molar-refractivity contribution in [3.8, 4) is 0 Å². The summed E-state index contributed by atoms with van der Waals surface area (Å²) in [6.45, 7) is 1.79. The van der Waals surface area contributed by atoms with E-state index in [0.29, 0.717) is 5.02 Å². The van der Waals surface area contributed by atoms with Crippen LogP contribution >= 0.6 is 27.5 Å². The number of rotatable bonds is 3. The lowest BCUT2D eigenvalue weighted by molar-refractivity contribution is 0.570. The lowest BCUT2D eigenvalue weighted by atomic mass is 10.2. The zero-order valence-corrected chi connectivity index (χ0v) is 14.0. The molecule has 0 spiro atoms. The quantitative estimate of drug-likeness (QED) is 0.776. The van der Waals surface area contributed by atoms with Crippen molar-refractivity contribution >= 4 is 48.9 Å². The number of nitrogens with one attached hydrogen (secondary N) is 1. The van der Waals surface area contributed by atoms with Gasteiger partial charge in [0.05, 0.1) is 5.69 Å². The Labute approximate surface area is 135 Å². The number of nitrogens with two attached hydrogens (primary N) is 1.